The number of benzene rings is 1. The molecule has 0 saturated carbocycles. The number of carbonyl (C=O) groups is 1. The molecule has 0 aliphatic carbocycles. The molecule has 1 heterocycles. The standard InChI is InChI=1S/C12H14ClN3O/c1-15(2)12(17)16-7-6-14-11(16)9-4-3-5-10(13)8-9/h3-5,8H,6-7H2,1-2H3. The second kappa shape index (κ2) is 4.75. The Bertz CT molecular complexity index is 471. The Hall–Kier alpha value is -1.55. The Balaban J connectivity index is 2.29. The van der Waals surface area contributed by atoms with Crippen LogP contribution in [-0.4, -0.2) is 48.9 Å². The highest BCUT2D eigenvalue weighted by Gasteiger charge is 2.25. The van der Waals surface area contributed by atoms with Crippen molar-refractivity contribution >= 4 is 23.5 Å². The molecule has 0 unspecified atom stereocenters. The fourth-order valence-corrected chi connectivity index (χ4v) is 1.94. The summed E-state index contributed by atoms with van der Waals surface area (Å²) in [7, 11) is 3.46. The summed E-state index contributed by atoms with van der Waals surface area (Å²) in [6, 6.07) is 7.34. The molecule has 0 saturated heterocycles. The van der Waals surface area contributed by atoms with Crippen molar-refractivity contribution in [3.05, 3.63) is 34.9 Å². The van der Waals surface area contributed by atoms with Gasteiger partial charge in [0.05, 0.1) is 6.54 Å². The quantitative estimate of drug-likeness (QED) is 0.753. The van der Waals surface area contributed by atoms with Crippen molar-refractivity contribution in [1.29, 1.82) is 0 Å². The summed E-state index contributed by atoms with van der Waals surface area (Å²) in [5.74, 6) is 0.700. The fraction of sp³-hybridized carbons (Fsp3) is 0.333. The van der Waals surface area contributed by atoms with Gasteiger partial charge in [0.1, 0.15) is 5.84 Å². The van der Waals surface area contributed by atoms with E-state index in [1.165, 1.54) is 0 Å². The van der Waals surface area contributed by atoms with Crippen LogP contribution in [0.15, 0.2) is 29.3 Å². The summed E-state index contributed by atoms with van der Waals surface area (Å²) in [6.45, 7) is 1.26. The second-order valence-electron chi connectivity index (χ2n) is 4.04. The molecule has 0 N–H and O–H groups in total. The van der Waals surface area contributed by atoms with Gasteiger partial charge in [-0.05, 0) is 12.1 Å². The summed E-state index contributed by atoms with van der Waals surface area (Å²) in [6.07, 6.45) is 0. The van der Waals surface area contributed by atoms with Gasteiger partial charge in [0.15, 0.2) is 0 Å². The largest absolute Gasteiger partial charge is 0.330 e. The first-order valence-electron chi connectivity index (χ1n) is 5.39. The van der Waals surface area contributed by atoms with Crippen molar-refractivity contribution in [1.82, 2.24) is 9.80 Å². The van der Waals surface area contributed by atoms with E-state index in [0.29, 0.717) is 23.9 Å². The minimum Gasteiger partial charge on any atom is -0.330 e. The Kier molecular flexibility index (Phi) is 3.33. The van der Waals surface area contributed by atoms with Gasteiger partial charge in [-0.25, -0.2) is 4.79 Å². The summed E-state index contributed by atoms with van der Waals surface area (Å²) >= 11 is 5.94. The van der Waals surface area contributed by atoms with E-state index in [1.54, 1.807) is 30.0 Å². The average molecular weight is 252 g/mol. The van der Waals surface area contributed by atoms with Crippen molar-refractivity contribution < 1.29 is 4.79 Å². The van der Waals surface area contributed by atoms with Crippen LogP contribution in [-0.2, 0) is 0 Å². The molecule has 0 bridgehead atoms. The number of urea groups is 1. The number of rotatable bonds is 1. The van der Waals surface area contributed by atoms with Crippen LogP contribution in [0.5, 0.6) is 0 Å². The van der Waals surface area contributed by atoms with Crippen LogP contribution in [0.25, 0.3) is 0 Å². The third-order valence-electron chi connectivity index (χ3n) is 2.54. The van der Waals surface area contributed by atoms with Gasteiger partial charge in [0, 0.05) is 31.2 Å². The Labute approximate surface area is 105 Å². The summed E-state index contributed by atoms with van der Waals surface area (Å²) in [4.78, 5) is 19.5. The number of aliphatic imine (C=N–C) groups is 1. The van der Waals surface area contributed by atoms with Gasteiger partial charge < -0.3 is 4.90 Å². The van der Waals surface area contributed by atoms with E-state index < -0.39 is 0 Å². The Morgan fingerprint density at radius 1 is 1.47 bits per heavy atom. The summed E-state index contributed by atoms with van der Waals surface area (Å²) < 4.78 is 0. The first-order valence-corrected chi connectivity index (χ1v) is 5.76. The SMILES string of the molecule is CN(C)C(=O)N1CCN=C1c1cccc(Cl)c1. The van der Waals surface area contributed by atoms with Crippen molar-refractivity contribution in [2.24, 2.45) is 4.99 Å². The molecule has 2 rings (SSSR count). The van der Waals surface area contributed by atoms with Gasteiger partial charge >= 0.3 is 6.03 Å². The molecule has 0 fully saturated rings. The summed E-state index contributed by atoms with van der Waals surface area (Å²) in [5, 5.41) is 0.648. The molecular formula is C12H14ClN3O. The lowest BCUT2D eigenvalue weighted by atomic mass is 10.2. The molecule has 2 amide bonds. The van der Waals surface area contributed by atoms with E-state index in [4.69, 9.17) is 11.6 Å². The van der Waals surface area contributed by atoms with Gasteiger partial charge in [0.25, 0.3) is 0 Å². The van der Waals surface area contributed by atoms with Crippen LogP contribution < -0.4 is 0 Å². The van der Waals surface area contributed by atoms with E-state index in [2.05, 4.69) is 4.99 Å². The smallest absolute Gasteiger partial charge is 0.325 e. The molecule has 1 aliphatic rings. The molecule has 4 nitrogen and oxygen atoms in total. The van der Waals surface area contributed by atoms with Crippen LogP contribution in [0.2, 0.25) is 5.02 Å². The molecule has 1 aromatic rings. The molecule has 1 aliphatic heterocycles. The zero-order valence-corrected chi connectivity index (χ0v) is 10.6. The highest BCUT2D eigenvalue weighted by atomic mass is 35.5. The Morgan fingerprint density at radius 2 is 2.24 bits per heavy atom. The fourth-order valence-electron chi connectivity index (χ4n) is 1.75. The number of halogens is 1. The van der Waals surface area contributed by atoms with Gasteiger partial charge in [0.2, 0.25) is 0 Å². The zero-order valence-electron chi connectivity index (χ0n) is 9.85. The maximum Gasteiger partial charge on any atom is 0.325 e. The first kappa shape index (κ1) is 11.9. The number of hydrogen-bond acceptors (Lipinski definition) is 2. The minimum absolute atomic E-state index is 0.0544. The number of hydrogen-bond donors (Lipinski definition) is 0. The minimum atomic E-state index is -0.0544. The third kappa shape index (κ3) is 2.42. The first-order chi connectivity index (χ1) is 8.09. The highest BCUT2D eigenvalue weighted by Crippen LogP contribution is 2.16. The average Bonchev–Trinajstić information content (AvgIpc) is 2.76. The van der Waals surface area contributed by atoms with Gasteiger partial charge in [-0.1, -0.05) is 23.7 Å². The number of amides is 2. The van der Waals surface area contributed by atoms with Crippen LogP contribution in [0.1, 0.15) is 5.56 Å². The second-order valence-corrected chi connectivity index (χ2v) is 4.48. The molecular weight excluding hydrogens is 238 g/mol. The number of carbonyl (C=O) groups excluding carboxylic acids is 1. The van der Waals surface area contributed by atoms with Crippen molar-refractivity contribution in [2.45, 2.75) is 0 Å². The Morgan fingerprint density at radius 3 is 2.88 bits per heavy atom. The van der Waals surface area contributed by atoms with Crippen molar-refractivity contribution in [3.63, 3.8) is 0 Å². The topological polar surface area (TPSA) is 35.9 Å². The molecule has 90 valence electrons. The molecule has 0 radical (unpaired) electrons. The number of nitrogens with zero attached hydrogens (tertiary/aromatic N) is 3. The molecule has 1 aromatic carbocycles. The lowest BCUT2D eigenvalue weighted by Gasteiger charge is -2.22. The van der Waals surface area contributed by atoms with Crippen LogP contribution in [0.4, 0.5) is 4.79 Å². The van der Waals surface area contributed by atoms with E-state index >= 15 is 0 Å². The normalized spacial score (nSPS) is 14.8. The van der Waals surface area contributed by atoms with Gasteiger partial charge in [-0.3, -0.25) is 9.89 Å². The molecule has 0 atom stereocenters. The van der Waals surface area contributed by atoms with Gasteiger partial charge in [-0.15, -0.1) is 0 Å². The molecule has 0 aromatic heterocycles. The zero-order chi connectivity index (χ0) is 12.4. The number of amidine groups is 1. The lowest BCUT2D eigenvalue weighted by molar-refractivity contribution is 0.197. The maximum atomic E-state index is 12.0. The van der Waals surface area contributed by atoms with Crippen LogP contribution in [0.3, 0.4) is 0 Å². The van der Waals surface area contributed by atoms with E-state index in [0.717, 1.165) is 5.56 Å². The van der Waals surface area contributed by atoms with Gasteiger partial charge in [-0.2, -0.15) is 0 Å². The van der Waals surface area contributed by atoms with Crippen LogP contribution >= 0.6 is 11.6 Å². The monoisotopic (exact) mass is 251 g/mol. The predicted molar refractivity (Wildman–Crippen MR) is 68.6 cm³/mol. The summed E-state index contributed by atoms with van der Waals surface area (Å²) in [5.41, 5.74) is 0.880. The molecule has 0 spiro atoms. The van der Waals surface area contributed by atoms with Crippen molar-refractivity contribution in [3.8, 4) is 0 Å². The van der Waals surface area contributed by atoms with E-state index in [9.17, 15) is 4.79 Å². The predicted octanol–water partition coefficient (Wildman–Crippen LogP) is 2.08. The maximum absolute atomic E-state index is 12.0. The van der Waals surface area contributed by atoms with E-state index in [1.807, 2.05) is 18.2 Å². The highest BCUT2D eigenvalue weighted by molar-refractivity contribution is 6.31. The lowest BCUT2D eigenvalue weighted by Crippen LogP contribution is -2.41. The van der Waals surface area contributed by atoms with Crippen LogP contribution in [0, 0.1) is 0 Å². The molecule has 17 heavy (non-hydrogen) atoms. The molecule has 5 heteroatoms. The van der Waals surface area contributed by atoms with Crippen molar-refractivity contribution in [2.75, 3.05) is 27.2 Å². The van der Waals surface area contributed by atoms with E-state index in [-0.39, 0.29) is 6.03 Å². The third-order valence-corrected chi connectivity index (χ3v) is 2.77.